The third-order valence-electron chi connectivity index (χ3n) is 5.23. The number of nitrogens with zero attached hydrogens (tertiary/aromatic N) is 1. The van der Waals surface area contributed by atoms with Gasteiger partial charge in [0.2, 0.25) is 0 Å². The molecule has 2 aliphatic carbocycles. The molecule has 0 saturated heterocycles. The highest BCUT2D eigenvalue weighted by Gasteiger charge is 2.14. The van der Waals surface area contributed by atoms with Gasteiger partial charge in [0, 0.05) is 0 Å². The Hall–Kier alpha value is -2.59. The number of nitriles is 1. The quantitative estimate of drug-likeness (QED) is 0.526. The first-order valence-electron chi connectivity index (χ1n) is 9.59. The number of benzene rings is 1. The summed E-state index contributed by atoms with van der Waals surface area (Å²) in [7, 11) is 0. The number of hydrogen-bond acceptors (Lipinski definition) is 1. The Morgan fingerprint density at radius 3 is 2.35 bits per heavy atom. The molecule has 1 nitrogen and oxygen atoms in total. The van der Waals surface area contributed by atoms with E-state index in [1.807, 2.05) is 12.1 Å². The third kappa shape index (κ3) is 4.52. The summed E-state index contributed by atoms with van der Waals surface area (Å²) in [5, 5.41) is 9.10. The highest BCUT2D eigenvalue weighted by atomic mass is 14.2. The fourth-order valence-corrected chi connectivity index (χ4v) is 3.27. The molecule has 26 heavy (non-hydrogen) atoms. The van der Waals surface area contributed by atoms with Crippen molar-refractivity contribution in [1.82, 2.24) is 0 Å². The maximum atomic E-state index is 9.10. The summed E-state index contributed by atoms with van der Waals surface area (Å²) in [6.07, 6.45) is 15.0. The fraction of sp³-hybridized carbons (Fsp3) is 0.320. The van der Waals surface area contributed by atoms with E-state index in [0.29, 0.717) is 5.56 Å². The molecule has 0 aromatic heterocycles. The van der Waals surface area contributed by atoms with Crippen molar-refractivity contribution in [1.29, 1.82) is 5.26 Å². The van der Waals surface area contributed by atoms with Crippen molar-refractivity contribution in [2.45, 2.75) is 52.9 Å². The van der Waals surface area contributed by atoms with E-state index in [-0.39, 0.29) is 0 Å². The van der Waals surface area contributed by atoms with Crippen LogP contribution in [-0.2, 0) is 0 Å². The lowest BCUT2D eigenvalue weighted by Gasteiger charge is -2.17. The molecule has 1 fully saturated rings. The van der Waals surface area contributed by atoms with E-state index in [2.05, 4.69) is 63.3 Å². The van der Waals surface area contributed by atoms with Crippen molar-refractivity contribution in [3.8, 4) is 6.07 Å². The Labute approximate surface area is 157 Å². The van der Waals surface area contributed by atoms with Crippen molar-refractivity contribution < 1.29 is 0 Å². The highest BCUT2D eigenvalue weighted by molar-refractivity contribution is 5.80. The molecule has 0 aliphatic heterocycles. The van der Waals surface area contributed by atoms with Crippen LogP contribution in [0.5, 0.6) is 0 Å². The zero-order valence-electron chi connectivity index (χ0n) is 16.1. The SMILES string of the molecule is CC/C(C=C1CC1)=C\C(=C(/C)C1=CC=C(C)CC1)c1ccc(C#N)cc1. The number of allylic oxidation sites excluding steroid dienone is 10. The third-order valence-corrected chi connectivity index (χ3v) is 5.23. The van der Waals surface area contributed by atoms with E-state index in [1.165, 1.54) is 46.3 Å². The predicted octanol–water partition coefficient (Wildman–Crippen LogP) is 7.05. The van der Waals surface area contributed by atoms with Crippen LogP contribution in [0.1, 0.15) is 64.0 Å². The van der Waals surface area contributed by atoms with Crippen LogP contribution in [0, 0.1) is 11.3 Å². The zero-order valence-corrected chi connectivity index (χ0v) is 16.1. The molecular weight excluding hydrogens is 314 g/mol. The van der Waals surface area contributed by atoms with E-state index in [0.717, 1.165) is 19.3 Å². The fourth-order valence-electron chi connectivity index (χ4n) is 3.27. The lowest BCUT2D eigenvalue weighted by molar-refractivity contribution is 0.913. The smallest absolute Gasteiger partial charge is 0.0991 e. The first-order valence-corrected chi connectivity index (χ1v) is 9.59. The molecule has 0 bridgehead atoms. The van der Waals surface area contributed by atoms with Crippen molar-refractivity contribution in [3.05, 3.63) is 87.6 Å². The van der Waals surface area contributed by atoms with Crippen LogP contribution in [0.15, 0.2) is 76.4 Å². The minimum absolute atomic E-state index is 0.709. The molecule has 0 spiro atoms. The molecule has 132 valence electrons. The van der Waals surface area contributed by atoms with Crippen LogP contribution in [-0.4, -0.2) is 0 Å². The second kappa shape index (κ2) is 8.19. The van der Waals surface area contributed by atoms with E-state index >= 15 is 0 Å². The monoisotopic (exact) mass is 341 g/mol. The van der Waals surface area contributed by atoms with Crippen molar-refractivity contribution in [3.63, 3.8) is 0 Å². The minimum atomic E-state index is 0.709. The Balaban J connectivity index is 2.08. The molecule has 0 heterocycles. The second-order valence-electron chi connectivity index (χ2n) is 7.31. The van der Waals surface area contributed by atoms with Gasteiger partial charge in [-0.1, -0.05) is 54.5 Å². The number of rotatable bonds is 5. The molecule has 0 N–H and O–H groups in total. The minimum Gasteiger partial charge on any atom is -0.192 e. The molecule has 0 amide bonds. The molecular formula is C25H27N. The van der Waals surface area contributed by atoms with E-state index in [4.69, 9.17) is 5.26 Å². The molecule has 2 aliphatic rings. The van der Waals surface area contributed by atoms with Crippen LogP contribution in [0.4, 0.5) is 0 Å². The van der Waals surface area contributed by atoms with Gasteiger partial charge in [0.25, 0.3) is 0 Å². The van der Waals surface area contributed by atoms with Gasteiger partial charge < -0.3 is 0 Å². The molecule has 0 atom stereocenters. The van der Waals surface area contributed by atoms with Gasteiger partial charge in [0.05, 0.1) is 11.6 Å². The van der Waals surface area contributed by atoms with Gasteiger partial charge >= 0.3 is 0 Å². The largest absolute Gasteiger partial charge is 0.192 e. The Morgan fingerprint density at radius 1 is 1.08 bits per heavy atom. The first-order chi connectivity index (χ1) is 12.6. The average molecular weight is 341 g/mol. The summed E-state index contributed by atoms with van der Waals surface area (Å²) in [6.45, 7) is 6.66. The van der Waals surface area contributed by atoms with Gasteiger partial charge in [-0.2, -0.15) is 5.26 Å². The van der Waals surface area contributed by atoms with Crippen LogP contribution < -0.4 is 0 Å². The van der Waals surface area contributed by atoms with E-state index in [9.17, 15) is 0 Å². The van der Waals surface area contributed by atoms with Crippen molar-refractivity contribution >= 4 is 5.57 Å². The first kappa shape index (κ1) is 18.2. The molecule has 1 aromatic rings. The van der Waals surface area contributed by atoms with Gasteiger partial charge in [-0.3, -0.25) is 0 Å². The van der Waals surface area contributed by atoms with E-state index < -0.39 is 0 Å². The van der Waals surface area contributed by atoms with Gasteiger partial charge in [-0.25, -0.2) is 0 Å². The lowest BCUT2D eigenvalue weighted by Crippen LogP contribution is -1.97. The molecule has 1 aromatic carbocycles. The van der Waals surface area contributed by atoms with Crippen LogP contribution >= 0.6 is 0 Å². The molecule has 0 unspecified atom stereocenters. The Morgan fingerprint density at radius 2 is 1.81 bits per heavy atom. The maximum Gasteiger partial charge on any atom is 0.0991 e. The second-order valence-corrected chi connectivity index (χ2v) is 7.31. The van der Waals surface area contributed by atoms with Gasteiger partial charge in [-0.15, -0.1) is 0 Å². The van der Waals surface area contributed by atoms with Crippen LogP contribution in [0.2, 0.25) is 0 Å². The molecule has 0 radical (unpaired) electrons. The average Bonchev–Trinajstić information content (AvgIpc) is 3.49. The summed E-state index contributed by atoms with van der Waals surface area (Å²) >= 11 is 0. The number of hydrogen-bond donors (Lipinski definition) is 0. The Bertz CT molecular complexity index is 871. The topological polar surface area (TPSA) is 23.8 Å². The molecule has 3 rings (SSSR count). The van der Waals surface area contributed by atoms with Gasteiger partial charge in [-0.05, 0) is 85.9 Å². The summed E-state index contributed by atoms with van der Waals surface area (Å²) in [5.74, 6) is 0. The normalized spacial score (nSPS) is 17.8. The van der Waals surface area contributed by atoms with E-state index in [1.54, 1.807) is 5.57 Å². The lowest BCUT2D eigenvalue weighted by atomic mass is 9.88. The molecule has 1 heteroatoms. The molecule has 1 saturated carbocycles. The summed E-state index contributed by atoms with van der Waals surface area (Å²) in [4.78, 5) is 0. The van der Waals surface area contributed by atoms with Gasteiger partial charge in [0.15, 0.2) is 0 Å². The van der Waals surface area contributed by atoms with Gasteiger partial charge in [0.1, 0.15) is 0 Å². The summed E-state index contributed by atoms with van der Waals surface area (Å²) in [6, 6.07) is 10.2. The zero-order chi connectivity index (χ0) is 18.5. The highest BCUT2D eigenvalue weighted by Crippen LogP contribution is 2.34. The Kier molecular flexibility index (Phi) is 5.74. The maximum absolute atomic E-state index is 9.10. The van der Waals surface area contributed by atoms with Crippen molar-refractivity contribution in [2.75, 3.05) is 0 Å². The summed E-state index contributed by atoms with van der Waals surface area (Å²) < 4.78 is 0. The summed E-state index contributed by atoms with van der Waals surface area (Å²) in [5.41, 5.74) is 10.3. The van der Waals surface area contributed by atoms with Crippen molar-refractivity contribution in [2.24, 2.45) is 0 Å². The standard InChI is InChI=1S/C25H27N/c1-4-20(15-21-7-8-21)16-25(24-13-9-22(17-26)10-14-24)19(3)23-11-5-18(2)6-12-23/h5,9-11,13-16H,4,6-8,12H2,1-3H3/b20-16+,25-19-. The van der Waals surface area contributed by atoms with Crippen LogP contribution in [0.25, 0.3) is 5.57 Å². The predicted molar refractivity (Wildman–Crippen MR) is 111 cm³/mol. The van der Waals surface area contributed by atoms with Crippen LogP contribution in [0.3, 0.4) is 0 Å².